The smallest absolute Gasteiger partial charge is 0.222 e. The first kappa shape index (κ1) is 26.0. The van der Waals surface area contributed by atoms with Crippen LogP contribution in [-0.4, -0.2) is 26.2 Å². The fraction of sp³-hybridized carbons (Fsp3) is 0.0417. The van der Waals surface area contributed by atoms with Crippen molar-refractivity contribution in [1.82, 2.24) is 19.9 Å². The second-order valence-corrected chi connectivity index (χ2v) is 6.41. The molecular weight excluding hydrogens is 454 g/mol. The molecule has 0 bridgehead atoms. The van der Waals surface area contributed by atoms with Gasteiger partial charge in [-0.05, 0) is 17.7 Å². The van der Waals surface area contributed by atoms with Crippen molar-refractivity contribution in [2.75, 3.05) is 11.1 Å². The summed E-state index contributed by atoms with van der Waals surface area (Å²) < 4.78 is 26.0. The Morgan fingerprint density at radius 1 is 0.886 bits per heavy atom. The van der Waals surface area contributed by atoms with Gasteiger partial charge in [-0.1, -0.05) is 24.3 Å². The van der Waals surface area contributed by atoms with Crippen LogP contribution in [0, 0.1) is 24.8 Å². The van der Waals surface area contributed by atoms with Crippen molar-refractivity contribution >= 4 is 29.3 Å². The fourth-order valence-corrected chi connectivity index (χ4v) is 2.33. The lowest BCUT2D eigenvalue weighted by atomic mass is 10.2. The summed E-state index contributed by atoms with van der Waals surface area (Å²) in [6.07, 6.45) is 9.91. The highest BCUT2D eigenvalue weighted by Crippen LogP contribution is 2.19. The van der Waals surface area contributed by atoms with Crippen LogP contribution in [0.25, 0.3) is 9.69 Å². The lowest BCUT2D eigenvalue weighted by molar-refractivity contribution is 0.112. The van der Waals surface area contributed by atoms with E-state index in [1.54, 1.807) is 37.1 Å². The van der Waals surface area contributed by atoms with Crippen molar-refractivity contribution < 1.29 is 13.6 Å². The van der Waals surface area contributed by atoms with Gasteiger partial charge in [0.15, 0.2) is 0 Å². The predicted molar refractivity (Wildman–Crippen MR) is 127 cm³/mol. The number of anilines is 2. The van der Waals surface area contributed by atoms with E-state index in [-0.39, 0.29) is 16.9 Å². The maximum Gasteiger partial charge on any atom is 0.222 e. The third-order valence-electron chi connectivity index (χ3n) is 3.98. The molecule has 35 heavy (non-hydrogen) atoms. The largest absolute Gasteiger partial charge is 0.382 e. The summed E-state index contributed by atoms with van der Waals surface area (Å²) in [5.74, 6) is -0.0623. The summed E-state index contributed by atoms with van der Waals surface area (Å²) >= 11 is 0. The monoisotopic (exact) mass is 472 g/mol. The van der Waals surface area contributed by atoms with Crippen LogP contribution < -0.4 is 11.1 Å². The predicted octanol–water partition coefficient (Wildman–Crippen LogP) is 5.03. The third-order valence-corrected chi connectivity index (χ3v) is 3.98. The lowest BCUT2D eigenvalue weighted by Gasteiger charge is -2.05. The van der Waals surface area contributed by atoms with Gasteiger partial charge in [0, 0.05) is 36.9 Å². The Balaban J connectivity index is 0.000000205. The molecule has 0 radical (unpaired) electrons. The number of rotatable bonds is 4. The zero-order valence-corrected chi connectivity index (χ0v) is 18.1. The van der Waals surface area contributed by atoms with E-state index in [1.807, 2.05) is 0 Å². The number of carbonyl (C=O) groups is 1. The van der Waals surface area contributed by atoms with E-state index in [1.165, 1.54) is 30.5 Å². The van der Waals surface area contributed by atoms with Crippen molar-refractivity contribution in [2.45, 2.75) is 6.54 Å². The van der Waals surface area contributed by atoms with Crippen LogP contribution in [0.1, 0.15) is 15.9 Å². The molecule has 0 amide bonds. The highest BCUT2D eigenvalue weighted by Gasteiger charge is 2.03. The molecule has 0 saturated carbocycles. The molecule has 4 aromatic rings. The maximum absolute atomic E-state index is 13.3. The molecule has 0 aliphatic rings. The molecule has 4 rings (SSSR count). The number of nitrogen functional groups attached to an aromatic ring is 1. The molecule has 9 nitrogen and oxygen atoms in total. The number of carbonyl (C=O) groups excluding carboxylic acids is 1. The number of benzene rings is 2. The van der Waals surface area contributed by atoms with Crippen molar-refractivity contribution in [1.29, 1.82) is 0 Å². The third kappa shape index (κ3) is 9.00. The fourth-order valence-electron chi connectivity index (χ4n) is 2.33. The van der Waals surface area contributed by atoms with Gasteiger partial charge in [-0.3, -0.25) is 14.8 Å². The minimum absolute atomic E-state index is 0.0354. The van der Waals surface area contributed by atoms with Crippen LogP contribution in [0.3, 0.4) is 0 Å². The summed E-state index contributed by atoms with van der Waals surface area (Å²) in [7, 11) is 0. The molecular formula is C24H18F2N8O. The van der Waals surface area contributed by atoms with Crippen LogP contribution in [0.2, 0.25) is 0 Å². The summed E-state index contributed by atoms with van der Waals surface area (Å²) in [6, 6.07) is 8.25. The number of aromatic nitrogens is 4. The number of hydrogen-bond donors (Lipinski definition) is 2. The van der Waals surface area contributed by atoms with Crippen LogP contribution >= 0.6 is 0 Å². The number of nitrogens with zero attached hydrogens (tertiary/aromatic N) is 6. The number of aldehydes is 1. The molecule has 2 aromatic heterocycles. The van der Waals surface area contributed by atoms with E-state index in [0.717, 1.165) is 11.6 Å². The average Bonchev–Trinajstić information content (AvgIpc) is 2.89. The SMILES string of the molecule is Nc1cnccn1.[C-]#[N+]c1ccc(C=O)cc1F.[C-]#[N+]c1ccc(CNc2cnccn2)cc1F. The first-order valence-electron chi connectivity index (χ1n) is 9.76. The standard InChI is InChI=1S/C12H9FN4.C8H4FNO.C4H5N3/c1-14-11-3-2-9(6-10(11)13)7-17-12-8-15-4-5-16-12;1-10-8-3-2-6(5-11)4-7(8)9;5-4-3-6-1-2-7-4/h2-6,8H,7H2,(H,16,17);2-5H;1-3H,(H2,5,7). The minimum Gasteiger partial charge on any atom is -0.382 e. The Hall–Kier alpha value is -5.29. The summed E-state index contributed by atoms with van der Waals surface area (Å²) in [6.45, 7) is 13.7. The highest BCUT2D eigenvalue weighted by atomic mass is 19.1. The normalized spacial score (nSPS) is 9.14. The number of hydrogen-bond acceptors (Lipinski definition) is 7. The van der Waals surface area contributed by atoms with E-state index in [0.29, 0.717) is 24.5 Å². The molecule has 3 N–H and O–H groups in total. The molecule has 0 fully saturated rings. The van der Waals surface area contributed by atoms with Crippen molar-refractivity contribution in [3.8, 4) is 0 Å². The molecule has 2 heterocycles. The summed E-state index contributed by atoms with van der Waals surface area (Å²) in [4.78, 5) is 31.4. The topological polar surface area (TPSA) is 115 Å². The molecule has 0 spiro atoms. The van der Waals surface area contributed by atoms with Gasteiger partial charge in [-0.2, -0.15) is 0 Å². The van der Waals surface area contributed by atoms with E-state index >= 15 is 0 Å². The molecule has 11 heteroatoms. The van der Waals surface area contributed by atoms with E-state index in [4.69, 9.17) is 18.9 Å². The van der Waals surface area contributed by atoms with Gasteiger partial charge < -0.3 is 11.1 Å². The summed E-state index contributed by atoms with van der Waals surface area (Å²) in [5, 5.41) is 3.01. The van der Waals surface area contributed by atoms with Crippen molar-refractivity contribution in [2.24, 2.45) is 0 Å². The zero-order chi connectivity index (χ0) is 25.5. The van der Waals surface area contributed by atoms with Crippen molar-refractivity contribution in [3.05, 3.63) is 119 Å². The van der Waals surface area contributed by atoms with Gasteiger partial charge in [-0.25, -0.2) is 28.4 Å². The van der Waals surface area contributed by atoms with Crippen LogP contribution in [0.5, 0.6) is 0 Å². The highest BCUT2D eigenvalue weighted by molar-refractivity contribution is 5.75. The van der Waals surface area contributed by atoms with E-state index < -0.39 is 11.6 Å². The molecule has 0 atom stereocenters. The summed E-state index contributed by atoms with van der Waals surface area (Å²) in [5.41, 5.74) is 6.16. The van der Waals surface area contributed by atoms with Crippen LogP contribution in [0.15, 0.2) is 73.6 Å². The van der Waals surface area contributed by atoms with Gasteiger partial charge in [-0.15, -0.1) is 0 Å². The van der Waals surface area contributed by atoms with Crippen LogP contribution in [-0.2, 0) is 6.54 Å². The molecule has 174 valence electrons. The number of nitrogens with one attached hydrogen (secondary N) is 1. The second kappa shape index (κ2) is 14.0. The second-order valence-electron chi connectivity index (χ2n) is 6.41. The first-order valence-corrected chi connectivity index (χ1v) is 9.76. The number of nitrogens with two attached hydrogens (primary N) is 1. The quantitative estimate of drug-likeness (QED) is 0.316. The van der Waals surface area contributed by atoms with E-state index in [9.17, 15) is 13.6 Å². The zero-order valence-electron chi connectivity index (χ0n) is 18.1. The van der Waals surface area contributed by atoms with Crippen molar-refractivity contribution in [3.63, 3.8) is 0 Å². The Labute approximate surface area is 200 Å². The van der Waals surface area contributed by atoms with Gasteiger partial charge >= 0.3 is 0 Å². The average molecular weight is 472 g/mol. The lowest BCUT2D eigenvalue weighted by Crippen LogP contribution is -2.01. The molecule has 0 unspecified atom stereocenters. The van der Waals surface area contributed by atoms with E-state index in [2.05, 4.69) is 34.9 Å². The Morgan fingerprint density at radius 2 is 1.51 bits per heavy atom. The minimum atomic E-state index is -0.649. The molecule has 2 aromatic carbocycles. The first-order chi connectivity index (χ1) is 17.0. The van der Waals surface area contributed by atoms with Gasteiger partial charge in [0.2, 0.25) is 11.4 Å². The van der Waals surface area contributed by atoms with Gasteiger partial charge in [0.25, 0.3) is 0 Å². The molecule has 0 aliphatic heterocycles. The van der Waals surface area contributed by atoms with Gasteiger partial charge in [0.1, 0.15) is 29.6 Å². The number of halogens is 2. The van der Waals surface area contributed by atoms with Gasteiger partial charge in [0.05, 0.1) is 25.5 Å². The molecule has 0 saturated heterocycles. The Morgan fingerprint density at radius 3 is 1.97 bits per heavy atom. The Kier molecular flexibility index (Phi) is 10.4. The van der Waals surface area contributed by atoms with Crippen LogP contribution in [0.4, 0.5) is 31.8 Å². The Bertz CT molecular complexity index is 1320. The maximum atomic E-state index is 13.3. The molecule has 0 aliphatic carbocycles.